The van der Waals surface area contributed by atoms with Crippen molar-refractivity contribution in [1.82, 2.24) is 4.90 Å². The number of hydrogen-bond acceptors (Lipinski definition) is 3. The van der Waals surface area contributed by atoms with Crippen molar-refractivity contribution < 1.29 is 4.74 Å². The first-order chi connectivity index (χ1) is 9.77. The molecule has 0 aromatic rings. The van der Waals surface area contributed by atoms with Crippen LogP contribution in [0.25, 0.3) is 0 Å². The molecule has 0 aliphatic carbocycles. The fraction of sp³-hybridized carbons (Fsp3) is 1.00. The molecular weight excluding hydrogens is 248 g/mol. The van der Waals surface area contributed by atoms with Gasteiger partial charge in [-0.3, -0.25) is 4.90 Å². The average Bonchev–Trinajstić information content (AvgIpc) is 2.47. The van der Waals surface area contributed by atoms with Gasteiger partial charge in [0.1, 0.15) is 0 Å². The number of hydrogen-bond donors (Lipinski definition) is 1. The molecule has 1 aliphatic heterocycles. The summed E-state index contributed by atoms with van der Waals surface area (Å²) in [5.41, 5.74) is 6.32. The molecule has 1 aliphatic rings. The van der Waals surface area contributed by atoms with Crippen molar-refractivity contribution in [2.24, 2.45) is 5.73 Å². The highest BCUT2D eigenvalue weighted by Gasteiger charge is 2.24. The summed E-state index contributed by atoms with van der Waals surface area (Å²) in [6.45, 7) is 8.66. The highest BCUT2D eigenvalue weighted by atomic mass is 16.5. The topological polar surface area (TPSA) is 38.5 Å². The molecule has 1 saturated heterocycles. The minimum atomic E-state index is 0.227. The normalized spacial score (nSPS) is 22.1. The van der Waals surface area contributed by atoms with E-state index in [2.05, 4.69) is 18.7 Å². The van der Waals surface area contributed by atoms with Gasteiger partial charge >= 0.3 is 0 Å². The van der Waals surface area contributed by atoms with Crippen molar-refractivity contribution in [2.45, 2.75) is 83.8 Å². The van der Waals surface area contributed by atoms with E-state index >= 15 is 0 Å². The monoisotopic (exact) mass is 284 g/mol. The minimum absolute atomic E-state index is 0.227. The van der Waals surface area contributed by atoms with E-state index < -0.39 is 0 Å². The molecule has 0 bridgehead atoms. The second-order valence-corrected chi connectivity index (χ2v) is 6.28. The van der Waals surface area contributed by atoms with Crippen LogP contribution in [-0.2, 0) is 4.74 Å². The molecule has 2 N–H and O–H groups in total. The van der Waals surface area contributed by atoms with Crippen LogP contribution in [0, 0.1) is 0 Å². The summed E-state index contributed by atoms with van der Waals surface area (Å²) in [6.07, 6.45) is 12.1. The molecule has 2 unspecified atom stereocenters. The van der Waals surface area contributed by atoms with Crippen molar-refractivity contribution in [2.75, 3.05) is 26.2 Å². The highest BCUT2D eigenvalue weighted by molar-refractivity contribution is 4.80. The summed E-state index contributed by atoms with van der Waals surface area (Å²) in [5.74, 6) is 0. The second kappa shape index (κ2) is 11.5. The van der Waals surface area contributed by atoms with Gasteiger partial charge in [0.25, 0.3) is 0 Å². The number of unbranched alkanes of at least 4 members (excludes halogenated alkanes) is 6. The first-order valence-electron chi connectivity index (χ1n) is 8.87. The number of nitrogens with zero attached hydrogens (tertiary/aromatic N) is 1. The summed E-state index contributed by atoms with van der Waals surface area (Å²) in [5, 5.41) is 0. The van der Waals surface area contributed by atoms with Gasteiger partial charge in [0.2, 0.25) is 0 Å². The van der Waals surface area contributed by atoms with E-state index in [-0.39, 0.29) is 12.1 Å². The first-order valence-corrected chi connectivity index (χ1v) is 8.87. The maximum atomic E-state index is 6.32. The molecule has 0 amide bonds. The standard InChI is InChI=1S/C17H36N2O/c1-3-5-6-7-8-9-10-11-16(18)17-15-19(12-4-2)13-14-20-17/h16-17H,3-15,18H2,1-2H3. The molecule has 0 saturated carbocycles. The maximum absolute atomic E-state index is 6.32. The van der Waals surface area contributed by atoms with E-state index in [0.29, 0.717) is 0 Å². The number of nitrogens with two attached hydrogens (primary N) is 1. The van der Waals surface area contributed by atoms with Crippen LogP contribution in [0.2, 0.25) is 0 Å². The Bertz CT molecular complexity index is 221. The molecule has 0 aromatic carbocycles. The van der Waals surface area contributed by atoms with Gasteiger partial charge in [-0.15, -0.1) is 0 Å². The van der Waals surface area contributed by atoms with Gasteiger partial charge < -0.3 is 10.5 Å². The SMILES string of the molecule is CCCCCCCCCC(N)C1CN(CCC)CCO1. The van der Waals surface area contributed by atoms with Crippen LogP contribution in [0.5, 0.6) is 0 Å². The Balaban J connectivity index is 2.05. The van der Waals surface area contributed by atoms with E-state index in [1.165, 1.54) is 57.9 Å². The molecular formula is C17H36N2O. The van der Waals surface area contributed by atoms with Gasteiger partial charge in [-0.05, 0) is 19.4 Å². The average molecular weight is 284 g/mol. The Labute approximate surface area is 126 Å². The van der Waals surface area contributed by atoms with Crippen molar-refractivity contribution in [1.29, 1.82) is 0 Å². The van der Waals surface area contributed by atoms with Crippen LogP contribution in [0.4, 0.5) is 0 Å². The van der Waals surface area contributed by atoms with Gasteiger partial charge in [0.15, 0.2) is 0 Å². The van der Waals surface area contributed by atoms with E-state index in [9.17, 15) is 0 Å². The second-order valence-electron chi connectivity index (χ2n) is 6.28. The predicted octanol–water partition coefficient (Wildman–Crippen LogP) is 3.57. The van der Waals surface area contributed by atoms with Crippen molar-refractivity contribution in [3.8, 4) is 0 Å². The van der Waals surface area contributed by atoms with Gasteiger partial charge in [0.05, 0.1) is 12.7 Å². The van der Waals surface area contributed by atoms with Gasteiger partial charge in [-0.2, -0.15) is 0 Å². The third-order valence-corrected chi connectivity index (χ3v) is 4.34. The van der Waals surface area contributed by atoms with Crippen molar-refractivity contribution in [3.05, 3.63) is 0 Å². The van der Waals surface area contributed by atoms with Crippen LogP contribution < -0.4 is 5.73 Å². The molecule has 1 heterocycles. The maximum Gasteiger partial charge on any atom is 0.0853 e. The first kappa shape index (κ1) is 17.9. The van der Waals surface area contributed by atoms with Gasteiger partial charge in [-0.1, -0.05) is 58.8 Å². The van der Waals surface area contributed by atoms with Crippen molar-refractivity contribution in [3.63, 3.8) is 0 Å². The largest absolute Gasteiger partial charge is 0.374 e. The van der Waals surface area contributed by atoms with Crippen LogP contribution in [0.3, 0.4) is 0 Å². The van der Waals surface area contributed by atoms with Crippen LogP contribution >= 0.6 is 0 Å². The van der Waals surface area contributed by atoms with E-state index in [1.807, 2.05) is 0 Å². The summed E-state index contributed by atoms with van der Waals surface area (Å²) >= 11 is 0. The number of ether oxygens (including phenoxy) is 1. The lowest BCUT2D eigenvalue weighted by Crippen LogP contribution is -2.50. The summed E-state index contributed by atoms with van der Waals surface area (Å²) < 4.78 is 5.86. The molecule has 3 nitrogen and oxygen atoms in total. The zero-order valence-electron chi connectivity index (χ0n) is 13.8. The predicted molar refractivity (Wildman–Crippen MR) is 87.1 cm³/mol. The highest BCUT2D eigenvalue weighted by Crippen LogP contribution is 2.14. The third kappa shape index (κ3) is 7.61. The summed E-state index contributed by atoms with van der Waals surface area (Å²) in [4.78, 5) is 2.50. The van der Waals surface area contributed by atoms with Crippen molar-refractivity contribution >= 4 is 0 Å². The fourth-order valence-electron chi connectivity index (χ4n) is 3.03. The molecule has 20 heavy (non-hydrogen) atoms. The molecule has 0 spiro atoms. The van der Waals surface area contributed by atoms with Crippen LogP contribution in [0.15, 0.2) is 0 Å². The van der Waals surface area contributed by atoms with E-state index in [1.54, 1.807) is 0 Å². The fourth-order valence-corrected chi connectivity index (χ4v) is 3.03. The lowest BCUT2D eigenvalue weighted by Gasteiger charge is -2.35. The van der Waals surface area contributed by atoms with E-state index in [0.717, 1.165) is 26.1 Å². The molecule has 3 heteroatoms. The Morgan fingerprint density at radius 2 is 1.75 bits per heavy atom. The van der Waals surface area contributed by atoms with Crippen LogP contribution in [0.1, 0.15) is 71.6 Å². The van der Waals surface area contributed by atoms with Gasteiger partial charge in [-0.25, -0.2) is 0 Å². The quantitative estimate of drug-likeness (QED) is 0.590. The van der Waals surface area contributed by atoms with E-state index in [4.69, 9.17) is 10.5 Å². The molecule has 1 fully saturated rings. The zero-order valence-corrected chi connectivity index (χ0v) is 13.8. The Morgan fingerprint density at radius 3 is 2.45 bits per heavy atom. The van der Waals surface area contributed by atoms with Gasteiger partial charge in [0, 0.05) is 19.1 Å². The Kier molecular flexibility index (Phi) is 10.3. The van der Waals surface area contributed by atoms with Crippen LogP contribution in [-0.4, -0.2) is 43.3 Å². The number of morpholine rings is 1. The minimum Gasteiger partial charge on any atom is -0.374 e. The third-order valence-electron chi connectivity index (χ3n) is 4.34. The molecule has 0 radical (unpaired) electrons. The number of rotatable bonds is 11. The molecule has 2 atom stereocenters. The lowest BCUT2D eigenvalue weighted by atomic mass is 10.0. The Hall–Kier alpha value is -0.120. The molecule has 1 rings (SSSR count). The smallest absolute Gasteiger partial charge is 0.0853 e. The molecule has 120 valence electrons. The Morgan fingerprint density at radius 1 is 1.05 bits per heavy atom. The lowest BCUT2D eigenvalue weighted by molar-refractivity contribution is -0.0416. The zero-order chi connectivity index (χ0) is 14.6. The summed E-state index contributed by atoms with van der Waals surface area (Å²) in [6, 6.07) is 0.227. The summed E-state index contributed by atoms with van der Waals surface area (Å²) in [7, 11) is 0. The molecule has 0 aromatic heterocycles.